The summed E-state index contributed by atoms with van der Waals surface area (Å²) in [7, 11) is 0. The molecule has 0 aliphatic carbocycles. The SMILES string of the molecule is CCOCCOC(C)C(=O)N1CCN(c2ccc(C#N)cc2F)CC1. The second-order valence-corrected chi connectivity index (χ2v) is 5.80. The van der Waals surface area contributed by atoms with Crippen molar-refractivity contribution in [3.63, 3.8) is 0 Å². The first-order chi connectivity index (χ1) is 12.1. The van der Waals surface area contributed by atoms with Gasteiger partial charge >= 0.3 is 0 Å². The molecule has 136 valence electrons. The molecular weight excluding hydrogens is 325 g/mol. The van der Waals surface area contributed by atoms with Crippen LogP contribution in [-0.2, 0) is 14.3 Å². The molecule has 0 N–H and O–H groups in total. The maximum Gasteiger partial charge on any atom is 0.251 e. The van der Waals surface area contributed by atoms with E-state index in [-0.39, 0.29) is 5.91 Å². The summed E-state index contributed by atoms with van der Waals surface area (Å²) in [5.41, 5.74) is 0.764. The molecule has 7 heteroatoms. The van der Waals surface area contributed by atoms with Gasteiger partial charge in [0, 0.05) is 32.8 Å². The lowest BCUT2D eigenvalue weighted by Crippen LogP contribution is -2.51. The monoisotopic (exact) mass is 349 g/mol. The van der Waals surface area contributed by atoms with Crippen LogP contribution in [0, 0.1) is 17.1 Å². The number of carbonyl (C=O) groups excluding carboxylic acids is 1. The summed E-state index contributed by atoms with van der Waals surface area (Å²) in [6.45, 7) is 7.23. The molecule has 2 rings (SSSR count). The fraction of sp³-hybridized carbons (Fsp3) is 0.556. The highest BCUT2D eigenvalue weighted by Crippen LogP contribution is 2.22. The second kappa shape index (κ2) is 9.35. The number of amides is 1. The molecule has 1 aromatic rings. The lowest BCUT2D eigenvalue weighted by Gasteiger charge is -2.37. The molecule has 0 aromatic heterocycles. The number of piperazine rings is 1. The molecule has 0 saturated carbocycles. The Morgan fingerprint density at radius 2 is 2.04 bits per heavy atom. The highest BCUT2D eigenvalue weighted by Gasteiger charge is 2.26. The molecule has 6 nitrogen and oxygen atoms in total. The van der Waals surface area contributed by atoms with E-state index in [1.54, 1.807) is 24.0 Å². The Morgan fingerprint density at radius 1 is 1.32 bits per heavy atom. The van der Waals surface area contributed by atoms with Gasteiger partial charge < -0.3 is 19.3 Å². The Balaban J connectivity index is 1.84. The summed E-state index contributed by atoms with van der Waals surface area (Å²) in [5.74, 6) is -0.470. The zero-order chi connectivity index (χ0) is 18.2. The molecule has 1 aliphatic rings. The Kier molecular flexibility index (Phi) is 7.16. The molecule has 1 saturated heterocycles. The van der Waals surface area contributed by atoms with E-state index in [1.165, 1.54) is 6.07 Å². The van der Waals surface area contributed by atoms with Crippen LogP contribution in [0.4, 0.5) is 10.1 Å². The van der Waals surface area contributed by atoms with Gasteiger partial charge in [0.2, 0.25) is 0 Å². The number of carbonyl (C=O) groups is 1. The molecule has 1 atom stereocenters. The van der Waals surface area contributed by atoms with Crippen LogP contribution in [0.25, 0.3) is 0 Å². The molecule has 1 unspecified atom stereocenters. The number of nitriles is 1. The van der Waals surface area contributed by atoms with Crippen molar-refractivity contribution in [3.8, 4) is 6.07 Å². The van der Waals surface area contributed by atoms with Crippen LogP contribution in [0.5, 0.6) is 0 Å². The molecule has 1 amide bonds. The minimum Gasteiger partial charge on any atom is -0.379 e. The van der Waals surface area contributed by atoms with Crippen LogP contribution < -0.4 is 4.90 Å². The smallest absolute Gasteiger partial charge is 0.251 e. The summed E-state index contributed by atoms with van der Waals surface area (Å²) in [4.78, 5) is 16.0. The lowest BCUT2D eigenvalue weighted by molar-refractivity contribution is -0.143. The minimum absolute atomic E-state index is 0.0588. The molecule has 1 fully saturated rings. The Labute approximate surface area is 147 Å². The fourth-order valence-electron chi connectivity index (χ4n) is 2.76. The number of ether oxygens (including phenoxy) is 2. The van der Waals surface area contributed by atoms with Crippen molar-refractivity contribution >= 4 is 11.6 Å². The van der Waals surface area contributed by atoms with Crippen molar-refractivity contribution in [2.75, 3.05) is 50.9 Å². The Bertz CT molecular complexity index is 624. The van der Waals surface area contributed by atoms with Crippen molar-refractivity contribution in [3.05, 3.63) is 29.6 Å². The zero-order valence-corrected chi connectivity index (χ0v) is 14.7. The number of rotatable bonds is 7. The van der Waals surface area contributed by atoms with E-state index in [4.69, 9.17) is 14.7 Å². The average molecular weight is 349 g/mol. The van der Waals surface area contributed by atoms with Crippen LogP contribution in [0.2, 0.25) is 0 Å². The first kappa shape index (κ1) is 19.2. The van der Waals surface area contributed by atoms with Crippen molar-refractivity contribution in [2.45, 2.75) is 20.0 Å². The van der Waals surface area contributed by atoms with Crippen LogP contribution >= 0.6 is 0 Å². The largest absolute Gasteiger partial charge is 0.379 e. The minimum atomic E-state index is -0.515. The predicted molar refractivity (Wildman–Crippen MR) is 91.8 cm³/mol. The van der Waals surface area contributed by atoms with Crippen molar-refractivity contribution in [1.29, 1.82) is 5.26 Å². The number of benzene rings is 1. The van der Waals surface area contributed by atoms with Gasteiger partial charge in [-0.15, -0.1) is 0 Å². The first-order valence-corrected chi connectivity index (χ1v) is 8.49. The predicted octanol–water partition coefficient (Wildman–Crippen LogP) is 1.79. The van der Waals surface area contributed by atoms with E-state index < -0.39 is 11.9 Å². The number of nitrogens with zero attached hydrogens (tertiary/aromatic N) is 3. The van der Waals surface area contributed by atoms with Gasteiger partial charge in [0.1, 0.15) is 11.9 Å². The Morgan fingerprint density at radius 3 is 2.64 bits per heavy atom. The third-order valence-corrected chi connectivity index (χ3v) is 4.16. The maximum atomic E-state index is 14.1. The summed E-state index contributed by atoms with van der Waals surface area (Å²) in [6, 6.07) is 6.38. The highest BCUT2D eigenvalue weighted by atomic mass is 19.1. The van der Waals surface area contributed by atoms with Gasteiger partial charge in [0.05, 0.1) is 30.5 Å². The van der Waals surface area contributed by atoms with E-state index in [0.717, 1.165) is 0 Å². The van der Waals surface area contributed by atoms with E-state index in [9.17, 15) is 9.18 Å². The normalized spacial score (nSPS) is 15.8. The number of hydrogen-bond donors (Lipinski definition) is 0. The molecule has 0 bridgehead atoms. The highest BCUT2D eigenvalue weighted by molar-refractivity contribution is 5.80. The van der Waals surface area contributed by atoms with E-state index in [2.05, 4.69) is 0 Å². The topological polar surface area (TPSA) is 65.8 Å². The van der Waals surface area contributed by atoms with E-state index >= 15 is 0 Å². The summed E-state index contributed by atoms with van der Waals surface area (Å²) >= 11 is 0. The van der Waals surface area contributed by atoms with Gasteiger partial charge in [-0.2, -0.15) is 5.26 Å². The third-order valence-electron chi connectivity index (χ3n) is 4.16. The molecule has 0 spiro atoms. The summed E-state index contributed by atoms with van der Waals surface area (Å²) < 4.78 is 24.8. The molecule has 1 aromatic carbocycles. The van der Waals surface area contributed by atoms with Gasteiger partial charge in [0.15, 0.2) is 0 Å². The molecule has 1 aliphatic heterocycles. The number of halogens is 1. The number of anilines is 1. The van der Waals surface area contributed by atoms with E-state index in [0.29, 0.717) is 57.3 Å². The Hall–Kier alpha value is -2.17. The summed E-state index contributed by atoms with van der Waals surface area (Å²) in [5, 5.41) is 8.81. The van der Waals surface area contributed by atoms with Crippen LogP contribution in [0.3, 0.4) is 0 Å². The van der Waals surface area contributed by atoms with Crippen molar-refractivity contribution < 1.29 is 18.7 Å². The lowest BCUT2D eigenvalue weighted by atomic mass is 10.1. The third kappa shape index (κ3) is 5.15. The molecule has 25 heavy (non-hydrogen) atoms. The van der Waals surface area contributed by atoms with Crippen LogP contribution in [-0.4, -0.2) is 62.9 Å². The zero-order valence-electron chi connectivity index (χ0n) is 14.7. The first-order valence-electron chi connectivity index (χ1n) is 8.49. The number of hydrogen-bond acceptors (Lipinski definition) is 5. The van der Waals surface area contributed by atoms with Gasteiger partial charge in [-0.3, -0.25) is 4.79 Å². The summed E-state index contributed by atoms with van der Waals surface area (Å²) in [6.07, 6.45) is -0.515. The van der Waals surface area contributed by atoms with E-state index in [1.807, 2.05) is 17.9 Å². The van der Waals surface area contributed by atoms with Gasteiger partial charge in [-0.05, 0) is 32.0 Å². The standard InChI is InChI=1S/C18H24FN3O3/c1-3-24-10-11-25-14(2)18(23)22-8-6-21(7-9-22)17-5-4-15(13-20)12-16(17)19/h4-5,12,14H,3,6-11H2,1-2H3. The van der Waals surface area contributed by atoms with Gasteiger partial charge in [0.25, 0.3) is 5.91 Å². The molecule has 1 heterocycles. The average Bonchev–Trinajstić information content (AvgIpc) is 2.64. The van der Waals surface area contributed by atoms with Gasteiger partial charge in [-0.1, -0.05) is 0 Å². The van der Waals surface area contributed by atoms with Crippen molar-refractivity contribution in [2.24, 2.45) is 0 Å². The van der Waals surface area contributed by atoms with Gasteiger partial charge in [-0.25, -0.2) is 4.39 Å². The quantitative estimate of drug-likeness (QED) is 0.702. The van der Waals surface area contributed by atoms with Crippen molar-refractivity contribution in [1.82, 2.24) is 4.90 Å². The molecular formula is C18H24FN3O3. The maximum absolute atomic E-state index is 14.1. The van der Waals surface area contributed by atoms with Crippen LogP contribution in [0.1, 0.15) is 19.4 Å². The molecule has 0 radical (unpaired) electrons. The van der Waals surface area contributed by atoms with Crippen LogP contribution in [0.15, 0.2) is 18.2 Å². The fourth-order valence-corrected chi connectivity index (χ4v) is 2.76. The second-order valence-electron chi connectivity index (χ2n) is 5.80.